The molecule has 3 aromatic rings. The van der Waals surface area contributed by atoms with Crippen LogP contribution < -0.4 is 18.9 Å². The molecule has 1 aromatic heterocycles. The Labute approximate surface area is 180 Å². The maximum Gasteiger partial charge on any atom is 0.244 e. The van der Waals surface area contributed by atoms with Crippen molar-refractivity contribution in [1.82, 2.24) is 14.5 Å². The third-order valence-electron chi connectivity index (χ3n) is 4.76. The first-order chi connectivity index (χ1) is 14.7. The minimum atomic E-state index is -3.89. The van der Waals surface area contributed by atoms with Gasteiger partial charge in [-0.25, -0.2) is 22.2 Å². The molecule has 0 unspecified atom stereocenters. The van der Waals surface area contributed by atoms with Crippen molar-refractivity contribution in [2.24, 2.45) is 0 Å². The lowest BCUT2D eigenvalue weighted by Crippen LogP contribution is -2.24. The van der Waals surface area contributed by atoms with E-state index in [4.69, 9.17) is 14.2 Å². The molecule has 0 saturated carbocycles. The standard InChI is InChI=1S/C21H24FN3O5S/c1-13-21(14(2)25(24-13)17-8-6-16(22)7-9-17)31(26,27)23-12-15-10-18(28-3)20(30-5)19(11-15)29-4/h6-11,23H,12H2,1-5H3. The molecule has 10 heteroatoms. The van der Waals surface area contributed by atoms with E-state index in [1.54, 1.807) is 26.0 Å². The Morgan fingerprint density at radius 3 is 2.10 bits per heavy atom. The summed E-state index contributed by atoms with van der Waals surface area (Å²) in [5, 5.41) is 4.33. The van der Waals surface area contributed by atoms with Crippen molar-refractivity contribution in [2.45, 2.75) is 25.3 Å². The lowest BCUT2D eigenvalue weighted by molar-refractivity contribution is 0.323. The number of ether oxygens (including phenoxy) is 3. The second-order valence-electron chi connectivity index (χ2n) is 6.75. The Bertz CT molecular complexity index is 1170. The summed E-state index contributed by atoms with van der Waals surface area (Å²) >= 11 is 0. The Morgan fingerprint density at radius 2 is 1.58 bits per heavy atom. The molecule has 0 aliphatic heterocycles. The molecular weight excluding hydrogens is 425 g/mol. The van der Waals surface area contributed by atoms with Gasteiger partial charge >= 0.3 is 0 Å². The number of benzene rings is 2. The second kappa shape index (κ2) is 8.94. The summed E-state index contributed by atoms with van der Waals surface area (Å²) in [5.41, 5.74) is 1.94. The highest BCUT2D eigenvalue weighted by Gasteiger charge is 2.25. The van der Waals surface area contributed by atoms with Gasteiger partial charge in [-0.15, -0.1) is 0 Å². The molecule has 0 fully saturated rings. The lowest BCUT2D eigenvalue weighted by atomic mass is 10.2. The van der Waals surface area contributed by atoms with Gasteiger partial charge in [0.25, 0.3) is 0 Å². The highest BCUT2D eigenvalue weighted by atomic mass is 32.2. The number of methoxy groups -OCH3 is 3. The van der Waals surface area contributed by atoms with E-state index < -0.39 is 10.0 Å². The van der Waals surface area contributed by atoms with Gasteiger partial charge in [0.2, 0.25) is 15.8 Å². The quantitative estimate of drug-likeness (QED) is 0.568. The number of aromatic nitrogens is 2. The number of nitrogens with zero attached hydrogens (tertiary/aromatic N) is 2. The summed E-state index contributed by atoms with van der Waals surface area (Å²) in [6, 6.07) is 9.01. The number of halogens is 1. The molecule has 1 heterocycles. The predicted molar refractivity (Wildman–Crippen MR) is 113 cm³/mol. The van der Waals surface area contributed by atoms with Crippen LogP contribution in [0.15, 0.2) is 41.3 Å². The van der Waals surface area contributed by atoms with E-state index >= 15 is 0 Å². The van der Waals surface area contributed by atoms with Crippen LogP contribution in [0.25, 0.3) is 5.69 Å². The summed E-state index contributed by atoms with van der Waals surface area (Å²) in [7, 11) is 0.579. The molecule has 0 atom stereocenters. The number of aryl methyl sites for hydroxylation is 1. The van der Waals surface area contributed by atoms with E-state index in [0.29, 0.717) is 39.9 Å². The molecule has 31 heavy (non-hydrogen) atoms. The van der Waals surface area contributed by atoms with Crippen molar-refractivity contribution in [1.29, 1.82) is 0 Å². The van der Waals surface area contributed by atoms with E-state index in [-0.39, 0.29) is 17.3 Å². The average Bonchev–Trinajstić information content (AvgIpc) is 3.06. The molecule has 1 N–H and O–H groups in total. The van der Waals surface area contributed by atoms with Crippen LogP contribution in [-0.4, -0.2) is 39.5 Å². The first-order valence-electron chi connectivity index (χ1n) is 9.32. The highest BCUT2D eigenvalue weighted by Crippen LogP contribution is 2.38. The third-order valence-corrected chi connectivity index (χ3v) is 6.41. The van der Waals surface area contributed by atoms with Gasteiger partial charge in [0.05, 0.1) is 38.4 Å². The van der Waals surface area contributed by atoms with Gasteiger partial charge in [-0.2, -0.15) is 5.10 Å². The molecule has 0 radical (unpaired) electrons. The molecule has 0 spiro atoms. The molecule has 0 aliphatic carbocycles. The van der Waals surface area contributed by atoms with Crippen LogP contribution in [0, 0.1) is 19.7 Å². The molecular formula is C21H24FN3O5S. The monoisotopic (exact) mass is 449 g/mol. The number of hydrogen-bond donors (Lipinski definition) is 1. The normalized spacial score (nSPS) is 11.4. The Balaban J connectivity index is 1.91. The van der Waals surface area contributed by atoms with E-state index in [9.17, 15) is 12.8 Å². The predicted octanol–water partition coefficient (Wildman–Crippen LogP) is 3.13. The molecule has 0 amide bonds. The molecule has 0 aliphatic rings. The summed E-state index contributed by atoms with van der Waals surface area (Å²) in [5.74, 6) is 0.883. The summed E-state index contributed by atoms with van der Waals surface area (Å²) < 4.78 is 59.3. The van der Waals surface area contributed by atoms with Crippen molar-refractivity contribution in [2.75, 3.05) is 21.3 Å². The number of rotatable bonds is 8. The molecule has 0 bridgehead atoms. The van der Waals surface area contributed by atoms with Gasteiger partial charge in [0.15, 0.2) is 11.5 Å². The Hall–Kier alpha value is -3.11. The zero-order chi connectivity index (χ0) is 22.8. The average molecular weight is 450 g/mol. The maximum absolute atomic E-state index is 13.2. The zero-order valence-electron chi connectivity index (χ0n) is 17.9. The van der Waals surface area contributed by atoms with Gasteiger partial charge in [-0.05, 0) is 55.8 Å². The summed E-state index contributed by atoms with van der Waals surface area (Å²) in [6.45, 7) is 3.26. The smallest absolute Gasteiger partial charge is 0.244 e. The van der Waals surface area contributed by atoms with Gasteiger partial charge in [-0.3, -0.25) is 0 Å². The fourth-order valence-electron chi connectivity index (χ4n) is 3.34. The number of nitrogens with one attached hydrogen (secondary N) is 1. The Kier molecular flexibility index (Phi) is 6.51. The number of hydrogen-bond acceptors (Lipinski definition) is 6. The molecule has 166 valence electrons. The first-order valence-corrected chi connectivity index (χ1v) is 10.8. The van der Waals surface area contributed by atoms with Crippen LogP contribution in [0.1, 0.15) is 17.0 Å². The third kappa shape index (κ3) is 4.49. The van der Waals surface area contributed by atoms with Crippen molar-refractivity contribution in [3.8, 4) is 22.9 Å². The minimum absolute atomic E-state index is 0.000341. The molecule has 8 nitrogen and oxygen atoms in total. The van der Waals surface area contributed by atoms with Gasteiger partial charge in [0.1, 0.15) is 10.7 Å². The summed E-state index contributed by atoms with van der Waals surface area (Å²) in [6.07, 6.45) is 0. The molecule has 0 saturated heterocycles. The number of sulfonamides is 1. The van der Waals surface area contributed by atoms with Crippen LogP contribution in [0.5, 0.6) is 17.2 Å². The van der Waals surface area contributed by atoms with Crippen LogP contribution in [0.2, 0.25) is 0 Å². The van der Waals surface area contributed by atoms with Crippen LogP contribution in [-0.2, 0) is 16.6 Å². The van der Waals surface area contributed by atoms with Crippen molar-refractivity contribution in [3.63, 3.8) is 0 Å². The van der Waals surface area contributed by atoms with E-state index in [2.05, 4.69) is 9.82 Å². The van der Waals surface area contributed by atoms with Crippen LogP contribution in [0.3, 0.4) is 0 Å². The van der Waals surface area contributed by atoms with Gasteiger partial charge in [0, 0.05) is 6.54 Å². The topological polar surface area (TPSA) is 91.7 Å². The van der Waals surface area contributed by atoms with Crippen LogP contribution in [0.4, 0.5) is 4.39 Å². The molecule has 3 rings (SSSR count). The fourth-order valence-corrected chi connectivity index (χ4v) is 4.75. The Morgan fingerprint density at radius 1 is 1.00 bits per heavy atom. The largest absolute Gasteiger partial charge is 0.493 e. The van der Waals surface area contributed by atoms with Crippen molar-refractivity contribution < 1.29 is 27.0 Å². The van der Waals surface area contributed by atoms with Gasteiger partial charge < -0.3 is 14.2 Å². The fraction of sp³-hybridized carbons (Fsp3) is 0.286. The SMILES string of the molecule is COc1cc(CNS(=O)(=O)c2c(C)nn(-c3ccc(F)cc3)c2C)cc(OC)c1OC. The minimum Gasteiger partial charge on any atom is -0.493 e. The zero-order valence-corrected chi connectivity index (χ0v) is 18.7. The van der Waals surface area contributed by atoms with Gasteiger partial charge in [-0.1, -0.05) is 0 Å². The maximum atomic E-state index is 13.2. The van der Waals surface area contributed by atoms with Crippen molar-refractivity contribution >= 4 is 10.0 Å². The van der Waals surface area contributed by atoms with E-state index in [1.807, 2.05) is 0 Å². The van der Waals surface area contributed by atoms with Crippen molar-refractivity contribution in [3.05, 3.63) is 59.2 Å². The lowest BCUT2D eigenvalue weighted by Gasteiger charge is -2.14. The molecule has 2 aromatic carbocycles. The second-order valence-corrected chi connectivity index (χ2v) is 8.45. The van der Waals surface area contributed by atoms with E-state index in [0.717, 1.165) is 0 Å². The first kappa shape index (κ1) is 22.6. The highest BCUT2D eigenvalue weighted by molar-refractivity contribution is 7.89. The van der Waals surface area contributed by atoms with Crippen LogP contribution >= 0.6 is 0 Å². The summed E-state index contributed by atoms with van der Waals surface area (Å²) in [4.78, 5) is 0.0734. The van der Waals surface area contributed by atoms with E-state index in [1.165, 1.54) is 50.3 Å².